The number of aliphatic hydroxyl groups excluding tert-OH is 6. The summed E-state index contributed by atoms with van der Waals surface area (Å²) in [5.74, 6) is -1.39. The minimum Gasteiger partial charge on any atom is -0.394 e. The second-order valence-electron chi connectivity index (χ2n) is 12.1. The molecule has 2 aliphatic rings. The van der Waals surface area contributed by atoms with Gasteiger partial charge in [0, 0.05) is 53.0 Å². The van der Waals surface area contributed by atoms with Crippen LogP contribution in [0.15, 0.2) is 0 Å². The molecule has 0 spiro atoms. The number of aliphatic hydroxyl groups is 6. The minimum absolute atomic E-state index is 0.119. The number of carbonyl (C=O) groups excluding carboxylic acids is 4. The largest absolute Gasteiger partial charge is 0.394 e. The van der Waals surface area contributed by atoms with Gasteiger partial charge >= 0.3 is 0 Å². The Morgan fingerprint density at radius 1 is 0.673 bits per heavy atom. The van der Waals surface area contributed by atoms with Gasteiger partial charge in [0.1, 0.15) is 48.7 Å². The standard InChI is InChI=1S/C30H55N5O14/c1-16(38)33-23-27(44)25(42)19(14-36)48-29(23)46-10-6-4-8-21(40)32-13-18(12-31-3)35-22(41)9-5-7-11-47-30-24(34-17(2)39)28(45)26(43)20(15-37)49-30/h18-20,23-31,36-37,42-45H,4-15H2,1-3H3,(H,32,40)(H,33,38)(H,34,39)(H,35,41). The number of hydrogen-bond acceptors (Lipinski definition) is 15. The zero-order valence-electron chi connectivity index (χ0n) is 28.3. The summed E-state index contributed by atoms with van der Waals surface area (Å²) in [4.78, 5) is 48.1. The van der Waals surface area contributed by atoms with Crippen molar-refractivity contribution in [3.8, 4) is 0 Å². The van der Waals surface area contributed by atoms with Crippen LogP contribution in [0.3, 0.4) is 0 Å². The predicted molar refractivity (Wildman–Crippen MR) is 169 cm³/mol. The molecule has 4 amide bonds. The van der Waals surface area contributed by atoms with Gasteiger partial charge in [-0.15, -0.1) is 0 Å². The Labute approximate surface area is 285 Å². The molecule has 0 radical (unpaired) electrons. The summed E-state index contributed by atoms with van der Waals surface area (Å²) in [6.07, 6.45) is -7.94. The van der Waals surface area contributed by atoms with Crippen LogP contribution < -0.4 is 26.6 Å². The van der Waals surface area contributed by atoms with Crippen molar-refractivity contribution in [3.05, 3.63) is 0 Å². The van der Waals surface area contributed by atoms with E-state index >= 15 is 0 Å². The van der Waals surface area contributed by atoms with Gasteiger partial charge < -0.3 is 76.2 Å². The van der Waals surface area contributed by atoms with Crippen LogP contribution in [0.25, 0.3) is 0 Å². The highest BCUT2D eigenvalue weighted by Gasteiger charge is 2.46. The van der Waals surface area contributed by atoms with Crippen LogP contribution in [0.4, 0.5) is 0 Å². The maximum Gasteiger partial charge on any atom is 0.220 e. The molecule has 0 aromatic heterocycles. The quantitative estimate of drug-likeness (QED) is 0.0498. The van der Waals surface area contributed by atoms with Gasteiger partial charge in [-0.25, -0.2) is 0 Å². The lowest BCUT2D eigenvalue weighted by atomic mass is 9.97. The van der Waals surface area contributed by atoms with E-state index < -0.39 is 86.3 Å². The lowest BCUT2D eigenvalue weighted by Crippen LogP contribution is -2.64. The Bertz CT molecular complexity index is 1030. The van der Waals surface area contributed by atoms with Gasteiger partial charge in [0.15, 0.2) is 12.6 Å². The van der Waals surface area contributed by atoms with E-state index in [2.05, 4.69) is 26.6 Å². The van der Waals surface area contributed by atoms with Crippen molar-refractivity contribution in [1.29, 1.82) is 0 Å². The van der Waals surface area contributed by atoms with Crippen molar-refractivity contribution in [3.63, 3.8) is 0 Å². The summed E-state index contributed by atoms with van der Waals surface area (Å²) >= 11 is 0. The summed E-state index contributed by atoms with van der Waals surface area (Å²) in [6, 6.07) is -2.47. The maximum atomic E-state index is 12.6. The fourth-order valence-corrected chi connectivity index (χ4v) is 5.45. The van der Waals surface area contributed by atoms with Crippen molar-refractivity contribution >= 4 is 23.6 Å². The third-order valence-electron chi connectivity index (χ3n) is 8.02. The normalized spacial score (nSPS) is 30.6. The number of carbonyl (C=O) groups is 4. The molecule has 0 aromatic carbocycles. The number of unbranched alkanes of at least 4 members (excludes halogenated alkanes) is 2. The highest BCUT2D eigenvalue weighted by atomic mass is 16.7. The van der Waals surface area contributed by atoms with Gasteiger partial charge in [-0.3, -0.25) is 19.2 Å². The molecule has 11 N–H and O–H groups in total. The van der Waals surface area contributed by atoms with E-state index in [1.807, 2.05) is 0 Å². The van der Waals surface area contributed by atoms with Crippen molar-refractivity contribution in [2.24, 2.45) is 0 Å². The fourth-order valence-electron chi connectivity index (χ4n) is 5.45. The van der Waals surface area contributed by atoms with Crippen LogP contribution in [0.2, 0.25) is 0 Å². The lowest BCUT2D eigenvalue weighted by Gasteiger charge is -2.42. The second-order valence-corrected chi connectivity index (χ2v) is 12.1. The monoisotopic (exact) mass is 709 g/mol. The third-order valence-corrected chi connectivity index (χ3v) is 8.02. The SMILES string of the molecule is CNCC(CNC(=O)CCCCOC1OC(CO)C(O)C(O)C1NC(C)=O)NC(=O)CCCCOC1OC(CO)C(O)C(O)C1NC(C)=O. The number of rotatable bonds is 21. The fraction of sp³-hybridized carbons (Fsp3) is 0.867. The van der Waals surface area contributed by atoms with Gasteiger partial charge in [-0.05, 0) is 32.7 Å². The van der Waals surface area contributed by atoms with Crippen LogP contribution >= 0.6 is 0 Å². The summed E-state index contributed by atoms with van der Waals surface area (Å²) < 4.78 is 22.3. The first-order chi connectivity index (χ1) is 23.3. The molecule has 19 nitrogen and oxygen atoms in total. The molecule has 0 aliphatic carbocycles. The zero-order chi connectivity index (χ0) is 36.5. The van der Waals surface area contributed by atoms with Crippen LogP contribution in [-0.2, 0) is 38.1 Å². The Balaban J connectivity index is 1.67. The molecule has 49 heavy (non-hydrogen) atoms. The van der Waals surface area contributed by atoms with Gasteiger partial charge in [-0.2, -0.15) is 0 Å². The van der Waals surface area contributed by atoms with Crippen LogP contribution in [-0.4, -0.2) is 168 Å². The van der Waals surface area contributed by atoms with Crippen LogP contribution in [0, 0.1) is 0 Å². The number of amides is 4. The Kier molecular flexibility index (Phi) is 19.4. The first-order valence-corrected chi connectivity index (χ1v) is 16.6. The smallest absolute Gasteiger partial charge is 0.220 e. The Morgan fingerprint density at radius 2 is 1.12 bits per heavy atom. The summed E-state index contributed by atoms with van der Waals surface area (Å²) in [5.41, 5.74) is 0. The molecule has 0 saturated carbocycles. The molecule has 11 atom stereocenters. The molecular formula is C30H55N5O14. The molecule has 2 rings (SSSR count). The van der Waals surface area contributed by atoms with Gasteiger partial charge in [0.2, 0.25) is 23.6 Å². The molecule has 19 heteroatoms. The molecular weight excluding hydrogens is 654 g/mol. The van der Waals surface area contributed by atoms with Gasteiger partial charge in [0.25, 0.3) is 0 Å². The van der Waals surface area contributed by atoms with Gasteiger partial charge in [-0.1, -0.05) is 0 Å². The first-order valence-electron chi connectivity index (χ1n) is 16.6. The number of likely N-dealkylation sites (N-methyl/N-ethyl adjacent to an activating group) is 1. The molecule has 2 saturated heterocycles. The molecule has 2 aliphatic heterocycles. The van der Waals surface area contributed by atoms with E-state index in [-0.39, 0.29) is 50.5 Å². The topological polar surface area (TPSA) is 287 Å². The van der Waals surface area contributed by atoms with E-state index in [0.717, 1.165) is 0 Å². The summed E-state index contributed by atoms with van der Waals surface area (Å²) in [6.45, 7) is 2.21. The van der Waals surface area contributed by atoms with E-state index in [9.17, 15) is 49.8 Å². The zero-order valence-corrected chi connectivity index (χ0v) is 28.3. The minimum atomic E-state index is -1.41. The Hall–Kier alpha value is -2.56. The molecule has 11 unspecified atom stereocenters. The number of nitrogens with one attached hydrogen (secondary N) is 5. The molecule has 2 heterocycles. The lowest BCUT2D eigenvalue weighted by molar-refractivity contribution is -0.270. The molecule has 284 valence electrons. The van der Waals surface area contributed by atoms with E-state index in [0.29, 0.717) is 32.2 Å². The summed E-state index contributed by atoms with van der Waals surface area (Å²) in [5, 5.41) is 73.3. The van der Waals surface area contributed by atoms with E-state index in [1.54, 1.807) is 7.05 Å². The molecule has 0 bridgehead atoms. The van der Waals surface area contributed by atoms with Crippen LogP contribution in [0.1, 0.15) is 52.4 Å². The van der Waals surface area contributed by atoms with Crippen LogP contribution in [0.5, 0.6) is 0 Å². The highest BCUT2D eigenvalue weighted by Crippen LogP contribution is 2.24. The predicted octanol–water partition coefficient (Wildman–Crippen LogP) is -4.93. The first kappa shape index (κ1) is 42.6. The van der Waals surface area contributed by atoms with Crippen molar-refractivity contribution in [2.75, 3.05) is 46.6 Å². The van der Waals surface area contributed by atoms with Crippen molar-refractivity contribution in [2.45, 2.75) is 120 Å². The second kappa shape index (κ2) is 22.3. The number of hydrogen-bond donors (Lipinski definition) is 11. The van der Waals surface area contributed by atoms with E-state index in [1.165, 1.54) is 13.8 Å². The van der Waals surface area contributed by atoms with Crippen molar-refractivity contribution in [1.82, 2.24) is 26.6 Å². The Morgan fingerprint density at radius 3 is 1.53 bits per heavy atom. The molecule has 0 aromatic rings. The molecule has 2 fully saturated rings. The summed E-state index contributed by atoms with van der Waals surface area (Å²) in [7, 11) is 1.71. The third kappa shape index (κ3) is 14.3. The maximum absolute atomic E-state index is 12.6. The average Bonchev–Trinajstić information content (AvgIpc) is 3.05. The average molecular weight is 710 g/mol. The van der Waals surface area contributed by atoms with Crippen molar-refractivity contribution < 1.29 is 68.8 Å². The number of ether oxygens (including phenoxy) is 4. The van der Waals surface area contributed by atoms with Gasteiger partial charge in [0.05, 0.1) is 19.3 Å². The van der Waals surface area contributed by atoms with E-state index in [4.69, 9.17) is 18.9 Å². The highest BCUT2D eigenvalue weighted by molar-refractivity contribution is 5.77.